The zero-order valence-corrected chi connectivity index (χ0v) is 20.9. The monoisotopic (exact) mass is 533 g/mol. The van der Waals surface area contributed by atoms with Crippen molar-refractivity contribution >= 4 is 33.6 Å². The van der Waals surface area contributed by atoms with Gasteiger partial charge in [-0.3, -0.25) is 19.9 Å². The van der Waals surface area contributed by atoms with Crippen LogP contribution in [-0.2, 0) is 14.3 Å². The van der Waals surface area contributed by atoms with Crippen LogP contribution >= 0.6 is 15.9 Å². The summed E-state index contributed by atoms with van der Waals surface area (Å²) in [5.41, 5.74) is 6.21. The molecule has 0 bridgehead atoms. The molecule has 0 saturated carbocycles. The van der Waals surface area contributed by atoms with Crippen molar-refractivity contribution in [2.45, 2.75) is 42.6 Å². The summed E-state index contributed by atoms with van der Waals surface area (Å²) in [7, 11) is 0. The Morgan fingerprint density at radius 2 is 2.06 bits per heavy atom. The van der Waals surface area contributed by atoms with E-state index in [1.807, 2.05) is 11.0 Å². The number of ether oxygens (including phenoxy) is 1. The molecule has 3 saturated heterocycles. The summed E-state index contributed by atoms with van der Waals surface area (Å²) in [4.78, 5) is 35.2. The third-order valence-electron chi connectivity index (χ3n) is 6.81. The average molecular weight is 534 g/mol. The molecule has 10 nitrogen and oxygen atoms in total. The molecule has 2 N–H and O–H groups in total. The first-order valence-corrected chi connectivity index (χ1v) is 12.9. The van der Waals surface area contributed by atoms with Gasteiger partial charge in [0.25, 0.3) is 0 Å². The minimum atomic E-state index is -0.242. The zero-order valence-electron chi connectivity index (χ0n) is 19.3. The maximum atomic E-state index is 12.7. The fourth-order valence-electron chi connectivity index (χ4n) is 4.87. The van der Waals surface area contributed by atoms with E-state index in [1.165, 1.54) is 0 Å². The molecule has 1 aromatic heterocycles. The minimum Gasteiger partial charge on any atom is -0.379 e. The first-order chi connectivity index (χ1) is 16.6. The number of piperidine rings is 1. The summed E-state index contributed by atoms with van der Waals surface area (Å²) in [5, 5.41) is 8.91. The molecular weight excluding hydrogens is 502 g/mol. The highest BCUT2D eigenvalue weighted by Crippen LogP contribution is 2.25. The molecule has 4 rings (SSSR count). The predicted octanol–water partition coefficient (Wildman–Crippen LogP) is 0.630. The average Bonchev–Trinajstić information content (AvgIpc) is 2.88. The summed E-state index contributed by atoms with van der Waals surface area (Å²) in [6.45, 7) is 5.37. The molecule has 0 aromatic carbocycles. The number of hydrazine groups is 1. The van der Waals surface area contributed by atoms with E-state index in [0.29, 0.717) is 44.8 Å². The Morgan fingerprint density at radius 3 is 2.79 bits per heavy atom. The van der Waals surface area contributed by atoms with Gasteiger partial charge in [0.05, 0.1) is 25.2 Å². The van der Waals surface area contributed by atoms with Crippen molar-refractivity contribution in [1.29, 1.82) is 5.26 Å². The van der Waals surface area contributed by atoms with Crippen LogP contribution in [0.4, 0.5) is 5.82 Å². The maximum Gasteiger partial charge on any atom is 0.249 e. The van der Waals surface area contributed by atoms with Crippen molar-refractivity contribution in [2.75, 3.05) is 57.4 Å². The highest BCUT2D eigenvalue weighted by Gasteiger charge is 2.38. The lowest BCUT2D eigenvalue weighted by Crippen LogP contribution is -2.64. The Balaban J connectivity index is 1.18. The number of nitrogens with one attached hydrogen (secondary N) is 2. The van der Waals surface area contributed by atoms with Gasteiger partial charge in [0, 0.05) is 51.0 Å². The number of pyridine rings is 1. The SMILES string of the molecule is N#Cc1ccc(N2CCN(C(=O)CCOCC3CCCCN3C3CNNC(=O)C3Br)CC2)nc1. The normalized spacial score (nSPS) is 26.1. The van der Waals surface area contributed by atoms with Gasteiger partial charge >= 0.3 is 0 Å². The number of piperazine rings is 1. The Labute approximate surface area is 208 Å². The topological polar surface area (TPSA) is 114 Å². The number of nitrogens with zero attached hydrogens (tertiary/aromatic N) is 5. The second kappa shape index (κ2) is 11.9. The van der Waals surface area contributed by atoms with Crippen LogP contribution in [-0.4, -0.2) is 96.0 Å². The number of anilines is 1. The Hall–Kier alpha value is -2.26. The second-order valence-electron chi connectivity index (χ2n) is 8.94. The molecule has 34 heavy (non-hydrogen) atoms. The molecule has 0 spiro atoms. The summed E-state index contributed by atoms with van der Waals surface area (Å²) in [6.07, 6.45) is 5.26. The standard InChI is InChI=1S/C23H32BrN7O3/c24-22-19(15-27-28-23(22)33)31-7-2-1-3-18(31)16-34-12-6-21(32)30-10-8-29(9-11-30)20-5-4-17(13-25)14-26-20/h4-5,14,18-19,22,27H,1-3,6-12,15-16H2,(H,28,33). The van der Waals surface area contributed by atoms with Crippen LogP contribution in [0.3, 0.4) is 0 Å². The molecule has 0 radical (unpaired) electrons. The maximum absolute atomic E-state index is 12.7. The van der Waals surface area contributed by atoms with Crippen LogP contribution < -0.4 is 15.8 Å². The number of carbonyl (C=O) groups excluding carboxylic acids is 2. The minimum absolute atomic E-state index is 0.0397. The van der Waals surface area contributed by atoms with Crippen molar-refractivity contribution in [1.82, 2.24) is 25.6 Å². The number of nitriles is 1. The fourth-order valence-corrected chi connectivity index (χ4v) is 5.48. The summed E-state index contributed by atoms with van der Waals surface area (Å²) >= 11 is 3.55. The quantitative estimate of drug-likeness (QED) is 0.387. The lowest BCUT2D eigenvalue weighted by atomic mass is 9.98. The van der Waals surface area contributed by atoms with Gasteiger partial charge in [-0.05, 0) is 31.5 Å². The number of likely N-dealkylation sites (tertiary alicyclic amines) is 1. The Bertz CT molecular complexity index is 886. The number of carbonyl (C=O) groups is 2. The third-order valence-corrected chi connectivity index (χ3v) is 7.84. The van der Waals surface area contributed by atoms with Gasteiger partial charge in [0.1, 0.15) is 16.7 Å². The molecule has 184 valence electrons. The number of hydrogen-bond donors (Lipinski definition) is 2. The van der Waals surface area contributed by atoms with E-state index in [9.17, 15) is 9.59 Å². The molecule has 3 fully saturated rings. The van der Waals surface area contributed by atoms with E-state index in [2.05, 4.69) is 47.6 Å². The number of aromatic nitrogens is 1. The van der Waals surface area contributed by atoms with E-state index < -0.39 is 0 Å². The number of alkyl halides is 1. The second-order valence-corrected chi connectivity index (χ2v) is 9.92. The van der Waals surface area contributed by atoms with E-state index in [1.54, 1.807) is 12.3 Å². The number of amides is 2. The van der Waals surface area contributed by atoms with Crippen LogP contribution in [0.25, 0.3) is 0 Å². The highest BCUT2D eigenvalue weighted by molar-refractivity contribution is 9.10. The molecule has 1 aromatic rings. The number of hydrogen-bond acceptors (Lipinski definition) is 8. The third kappa shape index (κ3) is 6.05. The van der Waals surface area contributed by atoms with Crippen LogP contribution in [0.5, 0.6) is 0 Å². The van der Waals surface area contributed by atoms with E-state index in [-0.39, 0.29) is 28.7 Å². The largest absolute Gasteiger partial charge is 0.379 e. The van der Waals surface area contributed by atoms with Gasteiger partial charge in [0.2, 0.25) is 11.8 Å². The Morgan fingerprint density at radius 1 is 1.24 bits per heavy atom. The molecule has 3 unspecified atom stereocenters. The van der Waals surface area contributed by atoms with Crippen molar-refractivity contribution in [3.05, 3.63) is 23.9 Å². The molecule has 3 atom stereocenters. The fraction of sp³-hybridized carbons (Fsp3) is 0.652. The van der Waals surface area contributed by atoms with Gasteiger partial charge in [-0.25, -0.2) is 10.4 Å². The van der Waals surface area contributed by atoms with Gasteiger partial charge < -0.3 is 14.5 Å². The van der Waals surface area contributed by atoms with Crippen LogP contribution in [0.1, 0.15) is 31.2 Å². The van der Waals surface area contributed by atoms with E-state index in [4.69, 9.17) is 10.00 Å². The first-order valence-electron chi connectivity index (χ1n) is 12.0. The van der Waals surface area contributed by atoms with Crippen molar-refractivity contribution in [2.24, 2.45) is 0 Å². The molecule has 4 heterocycles. The summed E-state index contributed by atoms with van der Waals surface area (Å²) in [6, 6.07) is 6.04. The molecule has 2 amide bonds. The molecule has 3 aliphatic heterocycles. The van der Waals surface area contributed by atoms with Gasteiger partial charge in [0.15, 0.2) is 0 Å². The molecular formula is C23H32BrN7O3. The highest BCUT2D eigenvalue weighted by atomic mass is 79.9. The lowest BCUT2D eigenvalue weighted by Gasteiger charge is -2.44. The molecule has 3 aliphatic rings. The van der Waals surface area contributed by atoms with Gasteiger partial charge in [-0.15, -0.1) is 0 Å². The number of halogens is 1. The Kier molecular flexibility index (Phi) is 8.72. The van der Waals surface area contributed by atoms with Crippen LogP contribution in [0.2, 0.25) is 0 Å². The summed E-state index contributed by atoms with van der Waals surface area (Å²) < 4.78 is 5.96. The summed E-state index contributed by atoms with van der Waals surface area (Å²) in [5.74, 6) is 0.909. The zero-order chi connectivity index (χ0) is 23.9. The molecule has 11 heteroatoms. The lowest BCUT2D eigenvalue weighted by molar-refractivity contribution is -0.133. The molecule has 0 aliphatic carbocycles. The van der Waals surface area contributed by atoms with Crippen LogP contribution in [0, 0.1) is 11.3 Å². The predicted molar refractivity (Wildman–Crippen MR) is 130 cm³/mol. The number of rotatable bonds is 7. The van der Waals surface area contributed by atoms with E-state index >= 15 is 0 Å². The van der Waals surface area contributed by atoms with Gasteiger partial charge in [-0.1, -0.05) is 22.4 Å². The smallest absolute Gasteiger partial charge is 0.249 e. The van der Waals surface area contributed by atoms with Gasteiger partial charge in [-0.2, -0.15) is 5.26 Å². The van der Waals surface area contributed by atoms with E-state index in [0.717, 1.165) is 44.7 Å². The first kappa shape index (κ1) is 24.9. The van der Waals surface area contributed by atoms with Crippen molar-refractivity contribution in [3.8, 4) is 6.07 Å². The van der Waals surface area contributed by atoms with Crippen LogP contribution in [0.15, 0.2) is 18.3 Å². The van der Waals surface area contributed by atoms with Crippen molar-refractivity contribution in [3.63, 3.8) is 0 Å². The van der Waals surface area contributed by atoms with Crippen molar-refractivity contribution < 1.29 is 14.3 Å².